The van der Waals surface area contributed by atoms with Crippen molar-refractivity contribution in [2.45, 2.75) is 13.8 Å². The van der Waals surface area contributed by atoms with Gasteiger partial charge in [0, 0.05) is 22.5 Å². The average Bonchev–Trinajstić information content (AvgIpc) is 3.05. The van der Waals surface area contributed by atoms with E-state index in [-0.39, 0.29) is 35.9 Å². The normalized spacial score (nSPS) is 10.2. The van der Waals surface area contributed by atoms with Crippen molar-refractivity contribution in [1.82, 2.24) is 0 Å². The van der Waals surface area contributed by atoms with E-state index in [1.54, 1.807) is 0 Å². The molecule has 14 nitrogen and oxygen atoms in total. The Labute approximate surface area is 274 Å². The van der Waals surface area contributed by atoms with Gasteiger partial charge in [0.15, 0.2) is 0 Å². The molecule has 3 aromatic carbocycles. The van der Waals surface area contributed by atoms with Crippen molar-refractivity contribution in [3.05, 3.63) is 107 Å². The van der Waals surface area contributed by atoms with Crippen molar-refractivity contribution in [2.75, 3.05) is 37.9 Å². The Morgan fingerprint density at radius 2 is 0.792 bits per heavy atom. The highest BCUT2D eigenvalue weighted by Gasteiger charge is 2.29. The predicted octanol–water partition coefficient (Wildman–Crippen LogP) is 3.84. The van der Waals surface area contributed by atoms with Gasteiger partial charge in [0.05, 0.1) is 22.3 Å². The number of ether oxygens (including phenoxy) is 6. The Bertz CT molecular complexity index is 1620. The van der Waals surface area contributed by atoms with E-state index in [2.05, 4.69) is 13.2 Å². The van der Waals surface area contributed by atoms with E-state index < -0.39 is 71.3 Å². The highest BCUT2D eigenvalue weighted by atomic mass is 16.6. The van der Waals surface area contributed by atoms with E-state index in [1.807, 2.05) is 0 Å². The molecule has 4 N–H and O–H groups in total. The standard InChI is InChI=1S/C34H32N2O12/c1-19(2)29(37)43-13-15-45-31(39)25-17-26(32(40)46-16-14-44-30(38)20(3)4)28(34(42)48-24-11-7-22(36)8-12-24)18-27(25)33(41)47-23-9-5-21(35)6-10-23/h5-12,17-18H,1,3,13-16,35-36H2,2,4H3. The molecule has 0 aromatic heterocycles. The third kappa shape index (κ3) is 10.3. The molecule has 14 heteroatoms. The van der Waals surface area contributed by atoms with Crippen LogP contribution >= 0.6 is 0 Å². The van der Waals surface area contributed by atoms with Gasteiger partial charge in [-0.1, -0.05) is 13.2 Å². The first kappa shape index (κ1) is 36.0. The van der Waals surface area contributed by atoms with Crippen molar-refractivity contribution in [1.29, 1.82) is 0 Å². The molecule has 0 radical (unpaired) electrons. The highest BCUT2D eigenvalue weighted by Crippen LogP contribution is 2.25. The topological polar surface area (TPSA) is 210 Å². The summed E-state index contributed by atoms with van der Waals surface area (Å²) in [6.07, 6.45) is 0. The number of carbonyl (C=O) groups excluding carboxylic acids is 6. The largest absolute Gasteiger partial charge is 0.459 e. The molecule has 3 rings (SSSR count). The summed E-state index contributed by atoms with van der Waals surface area (Å²) in [5.41, 5.74) is 10.4. The van der Waals surface area contributed by atoms with Gasteiger partial charge < -0.3 is 39.9 Å². The summed E-state index contributed by atoms with van der Waals surface area (Å²) in [6.45, 7) is 8.16. The summed E-state index contributed by atoms with van der Waals surface area (Å²) in [5.74, 6) is -5.88. The number of rotatable bonds is 14. The lowest BCUT2D eigenvalue weighted by Crippen LogP contribution is -2.23. The number of nitrogen functional groups attached to an aromatic ring is 2. The van der Waals surface area contributed by atoms with Crippen LogP contribution in [-0.4, -0.2) is 62.2 Å². The van der Waals surface area contributed by atoms with Crippen LogP contribution in [0.1, 0.15) is 55.3 Å². The summed E-state index contributed by atoms with van der Waals surface area (Å²) in [7, 11) is 0. The van der Waals surface area contributed by atoms with Crippen LogP contribution in [0.2, 0.25) is 0 Å². The van der Waals surface area contributed by atoms with Gasteiger partial charge in [-0.15, -0.1) is 0 Å². The van der Waals surface area contributed by atoms with Crippen LogP contribution in [-0.2, 0) is 28.5 Å². The zero-order chi connectivity index (χ0) is 35.4. The minimum absolute atomic E-state index is 0.0408. The summed E-state index contributed by atoms with van der Waals surface area (Å²) >= 11 is 0. The minimum Gasteiger partial charge on any atom is -0.459 e. The molecule has 0 aliphatic carbocycles. The van der Waals surface area contributed by atoms with Gasteiger partial charge in [-0.25, -0.2) is 28.8 Å². The monoisotopic (exact) mass is 660 g/mol. The van der Waals surface area contributed by atoms with Crippen LogP contribution in [0.25, 0.3) is 0 Å². The van der Waals surface area contributed by atoms with E-state index in [1.165, 1.54) is 62.4 Å². The fourth-order valence-corrected chi connectivity index (χ4v) is 3.61. The van der Waals surface area contributed by atoms with Crippen molar-refractivity contribution in [3.63, 3.8) is 0 Å². The highest BCUT2D eigenvalue weighted by molar-refractivity contribution is 6.11. The third-order valence-electron chi connectivity index (χ3n) is 6.01. The molecule has 0 amide bonds. The molecule has 0 saturated heterocycles. The van der Waals surface area contributed by atoms with Crippen LogP contribution in [0.3, 0.4) is 0 Å². The Kier molecular flexibility index (Phi) is 12.6. The van der Waals surface area contributed by atoms with Crippen molar-refractivity contribution in [3.8, 4) is 11.5 Å². The lowest BCUT2D eigenvalue weighted by Gasteiger charge is -2.15. The maximum absolute atomic E-state index is 13.4. The fraction of sp³-hybridized carbons (Fsp3) is 0.176. The van der Waals surface area contributed by atoms with Crippen molar-refractivity contribution in [2.24, 2.45) is 0 Å². The average molecular weight is 661 g/mol. The summed E-state index contributed by atoms with van der Waals surface area (Å²) in [5, 5.41) is 0. The van der Waals surface area contributed by atoms with Gasteiger partial charge in [-0.2, -0.15) is 0 Å². The predicted molar refractivity (Wildman–Crippen MR) is 170 cm³/mol. The molecule has 250 valence electrons. The molecule has 0 saturated carbocycles. The van der Waals surface area contributed by atoms with Gasteiger partial charge in [-0.3, -0.25) is 0 Å². The molecule has 0 spiro atoms. The van der Waals surface area contributed by atoms with Gasteiger partial charge in [0.25, 0.3) is 0 Å². The molecule has 0 atom stereocenters. The van der Waals surface area contributed by atoms with Crippen LogP contribution in [0, 0.1) is 0 Å². The van der Waals surface area contributed by atoms with Gasteiger partial charge in [-0.05, 0) is 74.5 Å². The SMILES string of the molecule is C=C(C)C(=O)OCCOC(=O)c1cc(C(=O)OCCOC(=O)C(=C)C)c(C(=O)Oc2ccc(N)cc2)cc1C(=O)Oc1ccc(N)cc1. The molecular formula is C34H32N2O12. The first-order chi connectivity index (χ1) is 22.8. The van der Waals surface area contributed by atoms with E-state index in [9.17, 15) is 28.8 Å². The Morgan fingerprint density at radius 3 is 1.10 bits per heavy atom. The minimum atomic E-state index is -1.14. The van der Waals surface area contributed by atoms with Crippen LogP contribution < -0.4 is 20.9 Å². The second kappa shape index (κ2) is 16.7. The molecule has 0 unspecified atom stereocenters. The number of hydrogen-bond acceptors (Lipinski definition) is 14. The van der Waals surface area contributed by atoms with E-state index in [4.69, 9.17) is 39.9 Å². The summed E-state index contributed by atoms with van der Waals surface area (Å²) < 4.78 is 31.0. The van der Waals surface area contributed by atoms with Crippen molar-refractivity contribution >= 4 is 47.2 Å². The number of nitrogens with two attached hydrogens (primary N) is 2. The molecule has 0 aliphatic rings. The molecular weight excluding hydrogens is 628 g/mol. The summed E-state index contributed by atoms with van der Waals surface area (Å²) in [6, 6.07) is 13.2. The smallest absolute Gasteiger partial charge is 0.344 e. The van der Waals surface area contributed by atoms with Gasteiger partial charge in [0.2, 0.25) is 0 Å². The van der Waals surface area contributed by atoms with Crippen LogP contribution in [0.5, 0.6) is 11.5 Å². The maximum atomic E-state index is 13.4. The zero-order valence-electron chi connectivity index (χ0n) is 26.1. The van der Waals surface area contributed by atoms with E-state index in [0.717, 1.165) is 12.1 Å². The van der Waals surface area contributed by atoms with Gasteiger partial charge in [0.1, 0.15) is 37.9 Å². The number of esters is 6. The summed E-state index contributed by atoms with van der Waals surface area (Å²) in [4.78, 5) is 76.7. The number of benzene rings is 3. The molecule has 48 heavy (non-hydrogen) atoms. The first-order valence-electron chi connectivity index (χ1n) is 14.1. The molecule has 0 fully saturated rings. The Morgan fingerprint density at radius 1 is 0.500 bits per heavy atom. The number of carbonyl (C=O) groups is 6. The molecule has 3 aromatic rings. The van der Waals surface area contributed by atoms with E-state index in [0.29, 0.717) is 11.4 Å². The molecule has 0 bridgehead atoms. The second-order valence-electron chi connectivity index (χ2n) is 9.96. The lowest BCUT2D eigenvalue weighted by molar-refractivity contribution is -0.140. The Balaban J connectivity index is 2.03. The van der Waals surface area contributed by atoms with E-state index >= 15 is 0 Å². The molecule has 0 aliphatic heterocycles. The van der Waals surface area contributed by atoms with Crippen molar-refractivity contribution < 1.29 is 57.2 Å². The zero-order valence-corrected chi connectivity index (χ0v) is 26.1. The first-order valence-corrected chi connectivity index (χ1v) is 14.1. The maximum Gasteiger partial charge on any atom is 0.344 e. The Hall–Kier alpha value is -6.44. The second-order valence-corrected chi connectivity index (χ2v) is 9.96. The fourth-order valence-electron chi connectivity index (χ4n) is 3.61. The number of anilines is 2. The quantitative estimate of drug-likeness (QED) is 0.0629. The lowest BCUT2D eigenvalue weighted by atomic mass is 9.97. The third-order valence-corrected chi connectivity index (χ3v) is 6.01. The van der Waals surface area contributed by atoms with Crippen LogP contribution in [0.15, 0.2) is 85.0 Å². The van der Waals surface area contributed by atoms with Crippen LogP contribution in [0.4, 0.5) is 11.4 Å². The number of hydrogen-bond donors (Lipinski definition) is 2. The molecule has 0 heterocycles. The van der Waals surface area contributed by atoms with Gasteiger partial charge >= 0.3 is 35.8 Å².